The van der Waals surface area contributed by atoms with Crippen molar-refractivity contribution in [2.24, 2.45) is 0 Å². The molecule has 2 heteroatoms. The molecule has 0 N–H and O–H groups in total. The van der Waals surface area contributed by atoms with E-state index >= 15 is 0 Å². The van der Waals surface area contributed by atoms with Crippen molar-refractivity contribution in [2.75, 3.05) is 0 Å². The highest BCUT2D eigenvalue weighted by Gasteiger charge is 2.12. The lowest BCUT2D eigenvalue weighted by Crippen LogP contribution is -1.98. The Labute approximate surface area is 129 Å². The fourth-order valence-corrected chi connectivity index (χ4v) is 2.90. The van der Waals surface area contributed by atoms with Crippen molar-refractivity contribution in [3.63, 3.8) is 0 Å². The number of benzene rings is 2. The van der Waals surface area contributed by atoms with Crippen LogP contribution in [0.4, 0.5) is 0 Å². The summed E-state index contributed by atoms with van der Waals surface area (Å²) in [6, 6.07) is 25.3. The zero-order valence-electron chi connectivity index (χ0n) is 12.4. The van der Waals surface area contributed by atoms with Crippen molar-refractivity contribution in [3.05, 3.63) is 84.6 Å². The Morgan fingerprint density at radius 2 is 1.68 bits per heavy atom. The predicted molar refractivity (Wildman–Crippen MR) is 91.2 cm³/mol. The Bertz CT molecular complexity index is 936. The minimum atomic E-state index is 0.986. The summed E-state index contributed by atoms with van der Waals surface area (Å²) in [6.07, 6.45) is 1.84. The van der Waals surface area contributed by atoms with Gasteiger partial charge < -0.3 is 4.57 Å². The minimum absolute atomic E-state index is 0.986. The number of nitrogens with zero attached hydrogens (tertiary/aromatic N) is 2. The van der Waals surface area contributed by atoms with Crippen molar-refractivity contribution in [3.8, 4) is 17.1 Å². The summed E-state index contributed by atoms with van der Waals surface area (Å²) in [5.41, 5.74) is 5.73. The number of para-hydroxylation sites is 1. The first-order valence-electron chi connectivity index (χ1n) is 7.42. The average Bonchev–Trinajstić information content (AvgIpc) is 2.95. The summed E-state index contributed by atoms with van der Waals surface area (Å²) in [4.78, 5) is 4.53. The molecular weight excluding hydrogens is 268 g/mol. The van der Waals surface area contributed by atoms with Crippen molar-refractivity contribution < 1.29 is 0 Å². The number of pyridine rings is 1. The van der Waals surface area contributed by atoms with E-state index in [9.17, 15) is 0 Å². The first-order valence-corrected chi connectivity index (χ1v) is 7.42. The Morgan fingerprint density at radius 1 is 0.818 bits per heavy atom. The molecule has 0 aliphatic heterocycles. The number of hydrogen-bond acceptors (Lipinski definition) is 1. The van der Waals surface area contributed by atoms with Crippen LogP contribution in [0.15, 0.2) is 79.0 Å². The minimum Gasteiger partial charge on any atom is -0.308 e. The highest BCUT2D eigenvalue weighted by Crippen LogP contribution is 2.30. The predicted octanol–water partition coefficient (Wildman–Crippen LogP) is 5.00. The molecule has 2 nitrogen and oxygen atoms in total. The smallest absolute Gasteiger partial charge is 0.0870 e. The van der Waals surface area contributed by atoms with Crippen LogP contribution in [-0.4, -0.2) is 9.55 Å². The number of aromatic nitrogens is 2. The lowest BCUT2D eigenvalue weighted by molar-refractivity contribution is 1.11. The van der Waals surface area contributed by atoms with E-state index in [0.717, 1.165) is 11.4 Å². The summed E-state index contributed by atoms with van der Waals surface area (Å²) >= 11 is 0. The molecule has 0 bridgehead atoms. The van der Waals surface area contributed by atoms with Crippen LogP contribution in [0.3, 0.4) is 0 Å². The average molecular weight is 284 g/mol. The van der Waals surface area contributed by atoms with Gasteiger partial charge in [-0.2, -0.15) is 0 Å². The van der Waals surface area contributed by atoms with E-state index in [1.807, 2.05) is 18.3 Å². The molecule has 2 aromatic heterocycles. The van der Waals surface area contributed by atoms with Crippen LogP contribution in [0.1, 0.15) is 5.56 Å². The second-order valence-electron chi connectivity index (χ2n) is 5.48. The molecule has 0 saturated heterocycles. The first-order chi connectivity index (χ1) is 10.8. The van der Waals surface area contributed by atoms with Gasteiger partial charge in [0.15, 0.2) is 0 Å². The van der Waals surface area contributed by atoms with Gasteiger partial charge in [-0.3, -0.25) is 4.98 Å². The summed E-state index contributed by atoms with van der Waals surface area (Å²) in [6.45, 7) is 2.12. The third kappa shape index (κ3) is 2.09. The second kappa shape index (κ2) is 5.15. The maximum atomic E-state index is 4.53. The summed E-state index contributed by atoms with van der Waals surface area (Å²) < 4.78 is 2.28. The molecule has 0 unspecified atom stereocenters. The zero-order chi connectivity index (χ0) is 14.9. The van der Waals surface area contributed by atoms with E-state index in [1.165, 1.54) is 22.2 Å². The van der Waals surface area contributed by atoms with Gasteiger partial charge in [0.2, 0.25) is 0 Å². The highest BCUT2D eigenvalue weighted by atomic mass is 15.0. The van der Waals surface area contributed by atoms with Crippen molar-refractivity contribution >= 4 is 10.9 Å². The molecule has 0 fully saturated rings. The Kier molecular flexibility index (Phi) is 3.01. The lowest BCUT2D eigenvalue weighted by atomic mass is 10.2. The van der Waals surface area contributed by atoms with Gasteiger partial charge in [0.05, 0.1) is 16.9 Å². The maximum Gasteiger partial charge on any atom is 0.0870 e. The van der Waals surface area contributed by atoms with E-state index < -0.39 is 0 Å². The molecule has 0 aliphatic rings. The van der Waals surface area contributed by atoms with Crippen molar-refractivity contribution in [2.45, 2.75) is 6.92 Å². The fourth-order valence-electron chi connectivity index (χ4n) is 2.90. The Balaban J connectivity index is 2.07. The molecule has 4 rings (SSSR count). The van der Waals surface area contributed by atoms with Crippen LogP contribution in [0.25, 0.3) is 28.0 Å². The van der Waals surface area contributed by atoms with Crippen LogP contribution in [-0.2, 0) is 0 Å². The number of rotatable bonds is 2. The van der Waals surface area contributed by atoms with E-state index in [-0.39, 0.29) is 0 Å². The lowest BCUT2D eigenvalue weighted by Gasteiger charge is -2.11. The normalized spacial score (nSPS) is 11.0. The Morgan fingerprint density at radius 3 is 2.50 bits per heavy atom. The summed E-state index contributed by atoms with van der Waals surface area (Å²) in [7, 11) is 0. The molecule has 0 atom stereocenters. The van der Waals surface area contributed by atoms with Gasteiger partial charge in [-0.15, -0.1) is 0 Å². The van der Waals surface area contributed by atoms with Gasteiger partial charge in [0.25, 0.3) is 0 Å². The van der Waals surface area contributed by atoms with Crippen molar-refractivity contribution in [1.82, 2.24) is 9.55 Å². The molecule has 2 aromatic carbocycles. The topological polar surface area (TPSA) is 17.8 Å². The number of hydrogen-bond donors (Lipinski definition) is 0. The number of fused-ring (bicyclic) bond motifs is 1. The van der Waals surface area contributed by atoms with Gasteiger partial charge in [0.1, 0.15) is 0 Å². The second-order valence-corrected chi connectivity index (χ2v) is 5.48. The fraction of sp³-hybridized carbons (Fsp3) is 0.0500. The van der Waals surface area contributed by atoms with Gasteiger partial charge in [-0.05, 0) is 48.9 Å². The maximum absolute atomic E-state index is 4.53. The third-order valence-electron chi connectivity index (χ3n) is 3.90. The highest BCUT2D eigenvalue weighted by molar-refractivity contribution is 5.88. The Hall–Kier alpha value is -2.87. The van der Waals surface area contributed by atoms with Crippen LogP contribution in [0.2, 0.25) is 0 Å². The van der Waals surface area contributed by atoms with Crippen LogP contribution < -0.4 is 0 Å². The van der Waals surface area contributed by atoms with Gasteiger partial charge in [0, 0.05) is 17.3 Å². The van der Waals surface area contributed by atoms with Crippen LogP contribution in [0.5, 0.6) is 0 Å². The SMILES string of the molecule is Cc1cccc(-n2c(-c3ccccn3)cc3ccccc32)c1. The molecule has 0 radical (unpaired) electrons. The molecule has 0 saturated carbocycles. The van der Waals surface area contributed by atoms with E-state index in [2.05, 4.69) is 77.1 Å². The molecular formula is C20H16N2. The summed E-state index contributed by atoms with van der Waals surface area (Å²) in [5.74, 6) is 0. The zero-order valence-corrected chi connectivity index (χ0v) is 12.4. The molecule has 0 aliphatic carbocycles. The van der Waals surface area contributed by atoms with Gasteiger partial charge in [-0.25, -0.2) is 0 Å². The largest absolute Gasteiger partial charge is 0.308 e. The quantitative estimate of drug-likeness (QED) is 0.506. The monoisotopic (exact) mass is 284 g/mol. The molecule has 4 aromatic rings. The van der Waals surface area contributed by atoms with Crippen LogP contribution in [0, 0.1) is 6.92 Å². The van der Waals surface area contributed by atoms with E-state index in [1.54, 1.807) is 0 Å². The standard InChI is InChI=1S/C20H16N2/c1-15-7-6-9-17(13-15)22-19-11-3-2-8-16(19)14-20(22)18-10-4-5-12-21-18/h2-14H,1H3. The molecule has 0 amide bonds. The van der Waals surface area contributed by atoms with Crippen LogP contribution >= 0.6 is 0 Å². The molecule has 106 valence electrons. The van der Waals surface area contributed by atoms with Gasteiger partial charge in [-0.1, -0.05) is 36.4 Å². The third-order valence-corrected chi connectivity index (χ3v) is 3.90. The van der Waals surface area contributed by atoms with E-state index in [4.69, 9.17) is 0 Å². The van der Waals surface area contributed by atoms with Gasteiger partial charge >= 0.3 is 0 Å². The van der Waals surface area contributed by atoms with Crippen molar-refractivity contribution in [1.29, 1.82) is 0 Å². The summed E-state index contributed by atoms with van der Waals surface area (Å²) in [5, 5.41) is 1.23. The molecule has 22 heavy (non-hydrogen) atoms. The molecule has 2 heterocycles. The number of aryl methyl sites for hydroxylation is 1. The first kappa shape index (κ1) is 12.8. The molecule has 0 spiro atoms. The van der Waals surface area contributed by atoms with E-state index in [0.29, 0.717) is 0 Å².